The second-order valence-electron chi connectivity index (χ2n) is 6.36. The number of nitrogens with one attached hydrogen (secondary N) is 1. The predicted molar refractivity (Wildman–Crippen MR) is 72.6 cm³/mol. The number of hydrogen-bond acceptors (Lipinski definition) is 2. The first-order chi connectivity index (χ1) is 8.65. The number of carbonyl (C=O) groups is 1. The average Bonchev–Trinajstić information content (AvgIpc) is 2.55. The molecule has 0 aromatic heterocycles. The Morgan fingerprint density at radius 2 is 1.56 bits per heavy atom. The van der Waals surface area contributed by atoms with Crippen molar-refractivity contribution in [3.05, 3.63) is 0 Å². The van der Waals surface area contributed by atoms with Crippen molar-refractivity contribution in [1.29, 1.82) is 0 Å². The van der Waals surface area contributed by atoms with Gasteiger partial charge in [-0.2, -0.15) is 0 Å². The van der Waals surface area contributed by atoms with Gasteiger partial charge in [0, 0.05) is 12.1 Å². The molecule has 2 aliphatic rings. The fraction of sp³-hybridized carbons (Fsp3) is 0.933. The lowest BCUT2D eigenvalue weighted by Crippen LogP contribution is -2.41. The van der Waals surface area contributed by atoms with E-state index in [-0.39, 0.29) is 5.92 Å². The second-order valence-corrected chi connectivity index (χ2v) is 6.36. The Morgan fingerprint density at radius 3 is 2.22 bits per heavy atom. The molecule has 2 unspecified atom stereocenters. The van der Waals surface area contributed by atoms with Crippen LogP contribution in [0.15, 0.2) is 0 Å². The van der Waals surface area contributed by atoms with Crippen LogP contribution in [0.4, 0.5) is 0 Å². The molecule has 0 heterocycles. The van der Waals surface area contributed by atoms with Gasteiger partial charge in [0.25, 0.3) is 0 Å². The molecule has 0 aromatic carbocycles. The van der Waals surface area contributed by atoms with Gasteiger partial charge >= 0.3 is 5.97 Å². The van der Waals surface area contributed by atoms with E-state index in [4.69, 9.17) is 5.11 Å². The maximum absolute atomic E-state index is 10.9. The third kappa shape index (κ3) is 3.98. The predicted octanol–water partition coefficient (Wildman–Crippen LogP) is 3.19. The molecule has 0 amide bonds. The van der Waals surface area contributed by atoms with Crippen LogP contribution in [0.1, 0.15) is 64.7 Å². The largest absolute Gasteiger partial charge is 0.481 e. The number of rotatable bonds is 3. The average molecular weight is 253 g/mol. The summed E-state index contributed by atoms with van der Waals surface area (Å²) in [6.07, 6.45) is 10.5. The molecular weight excluding hydrogens is 226 g/mol. The van der Waals surface area contributed by atoms with Crippen molar-refractivity contribution in [1.82, 2.24) is 5.32 Å². The molecule has 0 saturated heterocycles. The highest BCUT2D eigenvalue weighted by Crippen LogP contribution is 2.27. The highest BCUT2D eigenvalue weighted by atomic mass is 16.4. The Bertz CT molecular complexity index is 272. The van der Waals surface area contributed by atoms with Gasteiger partial charge in [-0.15, -0.1) is 0 Å². The summed E-state index contributed by atoms with van der Waals surface area (Å²) < 4.78 is 0. The van der Waals surface area contributed by atoms with Crippen LogP contribution in [0.5, 0.6) is 0 Å². The molecule has 2 N–H and O–H groups in total. The first-order valence-corrected chi connectivity index (χ1v) is 7.64. The number of aliphatic carboxylic acids is 1. The Hall–Kier alpha value is -0.570. The summed E-state index contributed by atoms with van der Waals surface area (Å²) in [4.78, 5) is 10.9. The summed E-state index contributed by atoms with van der Waals surface area (Å²) in [6.45, 7) is 2.36. The zero-order chi connectivity index (χ0) is 13.0. The molecule has 2 atom stereocenters. The highest BCUT2D eigenvalue weighted by Gasteiger charge is 2.27. The molecule has 0 radical (unpaired) electrons. The quantitative estimate of drug-likeness (QED) is 0.759. The van der Waals surface area contributed by atoms with Crippen LogP contribution in [-0.4, -0.2) is 23.2 Å². The molecule has 3 nitrogen and oxygen atoms in total. The summed E-state index contributed by atoms with van der Waals surface area (Å²) in [5.41, 5.74) is 0. The van der Waals surface area contributed by atoms with E-state index in [1.165, 1.54) is 32.1 Å². The van der Waals surface area contributed by atoms with Gasteiger partial charge in [-0.3, -0.25) is 4.79 Å². The molecule has 2 fully saturated rings. The Balaban J connectivity index is 1.72. The van der Waals surface area contributed by atoms with Crippen LogP contribution in [0.3, 0.4) is 0 Å². The molecule has 2 aliphatic carbocycles. The van der Waals surface area contributed by atoms with E-state index in [1.54, 1.807) is 0 Å². The fourth-order valence-electron chi connectivity index (χ4n) is 3.49. The molecular formula is C15H27NO2. The van der Waals surface area contributed by atoms with Gasteiger partial charge in [-0.05, 0) is 50.9 Å². The van der Waals surface area contributed by atoms with Gasteiger partial charge in [0.15, 0.2) is 0 Å². The lowest BCUT2D eigenvalue weighted by molar-refractivity contribution is -0.142. The molecule has 0 aliphatic heterocycles. The maximum Gasteiger partial charge on any atom is 0.306 e. The normalized spacial score (nSPS) is 38.1. The van der Waals surface area contributed by atoms with Gasteiger partial charge < -0.3 is 10.4 Å². The van der Waals surface area contributed by atoms with Crippen LogP contribution < -0.4 is 5.32 Å². The van der Waals surface area contributed by atoms with Crippen molar-refractivity contribution in [3.63, 3.8) is 0 Å². The Kier molecular flexibility index (Phi) is 5.04. The minimum absolute atomic E-state index is 0.0859. The zero-order valence-electron chi connectivity index (χ0n) is 11.5. The van der Waals surface area contributed by atoms with Gasteiger partial charge in [0.05, 0.1) is 5.92 Å². The summed E-state index contributed by atoms with van der Waals surface area (Å²) in [7, 11) is 0. The maximum atomic E-state index is 10.9. The lowest BCUT2D eigenvalue weighted by Gasteiger charge is -2.30. The number of carboxylic acid groups (broad SMARTS) is 1. The second kappa shape index (κ2) is 6.55. The van der Waals surface area contributed by atoms with Crippen LogP contribution in [0.2, 0.25) is 0 Å². The van der Waals surface area contributed by atoms with Crippen LogP contribution in [0.25, 0.3) is 0 Å². The van der Waals surface area contributed by atoms with E-state index < -0.39 is 5.97 Å². The molecule has 2 saturated carbocycles. The zero-order valence-corrected chi connectivity index (χ0v) is 11.5. The first-order valence-electron chi connectivity index (χ1n) is 7.64. The van der Waals surface area contributed by atoms with Crippen LogP contribution in [0, 0.1) is 11.8 Å². The van der Waals surface area contributed by atoms with Gasteiger partial charge in [0.1, 0.15) is 0 Å². The highest BCUT2D eigenvalue weighted by molar-refractivity contribution is 5.70. The molecule has 0 spiro atoms. The number of carboxylic acids is 1. The van der Waals surface area contributed by atoms with Crippen LogP contribution >= 0.6 is 0 Å². The van der Waals surface area contributed by atoms with E-state index in [9.17, 15) is 4.79 Å². The SMILES string of the molecule is CC1CCCC(NC2CCC(C(=O)O)CC2)CC1. The third-order valence-corrected chi connectivity index (χ3v) is 4.81. The molecule has 3 heteroatoms. The molecule has 18 heavy (non-hydrogen) atoms. The van der Waals surface area contributed by atoms with Crippen molar-refractivity contribution in [2.24, 2.45) is 11.8 Å². The molecule has 0 bridgehead atoms. The topological polar surface area (TPSA) is 49.3 Å². The molecule has 2 rings (SSSR count). The van der Waals surface area contributed by atoms with Crippen molar-refractivity contribution in [2.75, 3.05) is 0 Å². The Labute approximate surface area is 110 Å². The first kappa shape index (κ1) is 13.9. The van der Waals surface area contributed by atoms with E-state index in [0.29, 0.717) is 12.1 Å². The van der Waals surface area contributed by atoms with E-state index in [1.807, 2.05) is 0 Å². The van der Waals surface area contributed by atoms with E-state index in [2.05, 4.69) is 12.2 Å². The van der Waals surface area contributed by atoms with Crippen molar-refractivity contribution in [2.45, 2.75) is 76.8 Å². The van der Waals surface area contributed by atoms with Crippen molar-refractivity contribution >= 4 is 5.97 Å². The standard InChI is InChI=1S/C15H27NO2/c1-11-3-2-4-13(8-5-11)16-14-9-6-12(7-10-14)15(17)18/h11-14,16H,2-10H2,1H3,(H,17,18). The number of hydrogen-bond donors (Lipinski definition) is 2. The minimum Gasteiger partial charge on any atom is -0.481 e. The van der Waals surface area contributed by atoms with Gasteiger partial charge in [-0.1, -0.05) is 19.8 Å². The van der Waals surface area contributed by atoms with E-state index in [0.717, 1.165) is 31.6 Å². The third-order valence-electron chi connectivity index (χ3n) is 4.81. The van der Waals surface area contributed by atoms with Crippen molar-refractivity contribution < 1.29 is 9.90 Å². The van der Waals surface area contributed by atoms with Gasteiger partial charge in [-0.25, -0.2) is 0 Å². The summed E-state index contributed by atoms with van der Waals surface area (Å²) >= 11 is 0. The monoisotopic (exact) mass is 253 g/mol. The minimum atomic E-state index is -0.600. The van der Waals surface area contributed by atoms with Crippen LogP contribution in [-0.2, 0) is 4.79 Å². The molecule has 0 aromatic rings. The summed E-state index contributed by atoms with van der Waals surface area (Å²) in [6, 6.07) is 1.25. The Morgan fingerprint density at radius 1 is 0.944 bits per heavy atom. The summed E-state index contributed by atoms with van der Waals surface area (Å²) in [5, 5.41) is 12.8. The fourth-order valence-corrected chi connectivity index (χ4v) is 3.49. The van der Waals surface area contributed by atoms with E-state index >= 15 is 0 Å². The lowest BCUT2D eigenvalue weighted by atomic mass is 9.85. The molecule has 104 valence electrons. The summed E-state index contributed by atoms with van der Waals surface area (Å²) in [5.74, 6) is 0.202. The smallest absolute Gasteiger partial charge is 0.306 e. The van der Waals surface area contributed by atoms with Gasteiger partial charge in [0.2, 0.25) is 0 Å². The van der Waals surface area contributed by atoms with Crippen molar-refractivity contribution in [3.8, 4) is 0 Å².